The molecule has 26 heavy (non-hydrogen) atoms. The fraction of sp³-hybridized carbons (Fsp3) is 0.238. The Morgan fingerprint density at radius 1 is 1.08 bits per heavy atom. The van der Waals surface area contributed by atoms with E-state index in [2.05, 4.69) is 44.2 Å². The van der Waals surface area contributed by atoms with Gasteiger partial charge in [-0.2, -0.15) is 0 Å². The number of benzene rings is 2. The van der Waals surface area contributed by atoms with Crippen LogP contribution in [0.5, 0.6) is 0 Å². The molecule has 5 heteroatoms. The molecule has 3 nitrogen and oxygen atoms in total. The highest BCUT2D eigenvalue weighted by molar-refractivity contribution is 7.98. The summed E-state index contributed by atoms with van der Waals surface area (Å²) in [6.07, 6.45) is 0. The third-order valence-electron chi connectivity index (χ3n) is 4.33. The molecule has 0 bridgehead atoms. The molecule has 2 aromatic carbocycles. The topological polar surface area (TPSA) is 33.2 Å². The van der Waals surface area contributed by atoms with Crippen molar-refractivity contribution in [3.63, 3.8) is 0 Å². The lowest BCUT2D eigenvalue weighted by molar-refractivity contribution is -0.115. The van der Waals surface area contributed by atoms with E-state index >= 15 is 0 Å². The predicted octanol–water partition coefficient (Wildman–Crippen LogP) is 6.05. The average Bonchev–Trinajstić information content (AvgIpc) is 3.06. The summed E-state index contributed by atoms with van der Waals surface area (Å²) >= 11 is 3.29. The van der Waals surface area contributed by atoms with Crippen molar-refractivity contribution in [1.29, 1.82) is 0 Å². The van der Waals surface area contributed by atoms with E-state index in [1.165, 1.54) is 27.4 Å². The second-order valence-electron chi connectivity index (χ2n) is 6.25. The van der Waals surface area contributed by atoms with Crippen molar-refractivity contribution in [2.75, 3.05) is 4.90 Å². The second kappa shape index (κ2) is 8.06. The average molecular weight is 383 g/mol. The Kier molecular flexibility index (Phi) is 5.79. The fourth-order valence-corrected chi connectivity index (χ4v) is 4.63. The largest absolute Gasteiger partial charge is 0.274 e. The number of rotatable bonds is 5. The zero-order chi connectivity index (χ0) is 18.7. The molecule has 0 fully saturated rings. The fourth-order valence-electron chi connectivity index (χ4n) is 2.72. The van der Waals surface area contributed by atoms with E-state index in [-0.39, 0.29) is 5.91 Å². The van der Waals surface area contributed by atoms with Gasteiger partial charge in [-0.1, -0.05) is 30.3 Å². The number of aromatic nitrogens is 1. The Bertz CT molecular complexity index is 933. The molecule has 0 atom stereocenters. The summed E-state index contributed by atoms with van der Waals surface area (Å²) in [6.45, 7) is 7.81. The van der Waals surface area contributed by atoms with E-state index in [1.54, 1.807) is 23.6 Å². The van der Waals surface area contributed by atoms with Gasteiger partial charge < -0.3 is 0 Å². The number of thioether (sulfide) groups is 1. The maximum absolute atomic E-state index is 12.3. The first-order valence-corrected chi connectivity index (χ1v) is 10.3. The number of amides is 1. The number of hydrogen-bond donors (Lipinski definition) is 0. The van der Waals surface area contributed by atoms with Crippen LogP contribution < -0.4 is 4.90 Å². The lowest BCUT2D eigenvalue weighted by atomic mass is 10.1. The predicted molar refractivity (Wildman–Crippen MR) is 112 cm³/mol. The van der Waals surface area contributed by atoms with Gasteiger partial charge in [0, 0.05) is 23.0 Å². The molecule has 0 saturated heterocycles. The van der Waals surface area contributed by atoms with Crippen LogP contribution >= 0.6 is 23.1 Å². The van der Waals surface area contributed by atoms with Gasteiger partial charge in [-0.15, -0.1) is 23.1 Å². The molecular formula is C21H22N2OS2. The second-order valence-corrected chi connectivity index (χ2v) is 8.10. The molecule has 3 rings (SSSR count). The first kappa shape index (κ1) is 18.7. The third-order valence-corrected chi connectivity index (χ3v) is 6.42. The molecule has 3 aromatic rings. The minimum atomic E-state index is -0.0221. The molecule has 1 aromatic heterocycles. The van der Waals surface area contributed by atoms with Gasteiger partial charge in [-0.25, -0.2) is 4.98 Å². The highest BCUT2D eigenvalue weighted by atomic mass is 32.2. The Labute approximate surface area is 163 Å². The monoisotopic (exact) mass is 382 g/mol. The summed E-state index contributed by atoms with van der Waals surface area (Å²) in [5.74, 6) is 0.769. The Balaban J connectivity index is 1.83. The van der Waals surface area contributed by atoms with Crippen LogP contribution in [0.1, 0.15) is 29.3 Å². The number of anilines is 2. The van der Waals surface area contributed by atoms with Crippen molar-refractivity contribution in [1.82, 2.24) is 4.98 Å². The summed E-state index contributed by atoms with van der Waals surface area (Å²) in [5, 5.41) is 2.77. The number of hydrogen-bond acceptors (Lipinski definition) is 4. The summed E-state index contributed by atoms with van der Waals surface area (Å²) in [5.41, 5.74) is 5.45. The highest BCUT2D eigenvalue weighted by Gasteiger charge is 2.20. The standard InChI is InChI=1S/C21H22N2OS2/c1-14-9-7-10-19(16(14)3)23(17(4)24)21-22-18(13-26-21)12-25-20-11-6-5-8-15(20)2/h5-11,13H,12H2,1-4H3. The van der Waals surface area contributed by atoms with Crippen molar-refractivity contribution in [3.8, 4) is 0 Å². The molecule has 134 valence electrons. The molecule has 1 amide bonds. The zero-order valence-corrected chi connectivity index (χ0v) is 17.1. The van der Waals surface area contributed by atoms with Gasteiger partial charge in [0.2, 0.25) is 5.91 Å². The van der Waals surface area contributed by atoms with E-state index in [9.17, 15) is 4.79 Å². The van der Waals surface area contributed by atoms with E-state index < -0.39 is 0 Å². The number of carbonyl (C=O) groups is 1. The van der Waals surface area contributed by atoms with E-state index in [0.29, 0.717) is 0 Å². The van der Waals surface area contributed by atoms with Crippen LogP contribution in [0, 0.1) is 20.8 Å². The molecule has 0 aliphatic rings. The molecule has 0 aliphatic carbocycles. The van der Waals surface area contributed by atoms with Gasteiger partial charge in [0.25, 0.3) is 0 Å². The molecule has 0 unspecified atom stereocenters. The molecule has 0 spiro atoms. The molecule has 1 heterocycles. The lowest BCUT2D eigenvalue weighted by Gasteiger charge is -2.21. The van der Waals surface area contributed by atoms with Crippen LogP contribution in [-0.2, 0) is 10.5 Å². The van der Waals surface area contributed by atoms with Gasteiger partial charge in [0.05, 0.1) is 11.4 Å². The summed E-state index contributed by atoms with van der Waals surface area (Å²) in [6, 6.07) is 14.4. The molecule has 0 N–H and O–H groups in total. The molecule has 0 radical (unpaired) electrons. The third kappa shape index (κ3) is 4.00. The van der Waals surface area contributed by atoms with Crippen molar-refractivity contribution >= 4 is 39.8 Å². The van der Waals surface area contributed by atoms with Crippen LogP contribution in [0.4, 0.5) is 10.8 Å². The minimum Gasteiger partial charge on any atom is -0.274 e. The SMILES string of the molecule is CC(=O)N(c1nc(CSc2ccccc2C)cs1)c1cccc(C)c1C. The van der Waals surface area contributed by atoms with E-state index in [4.69, 9.17) is 4.98 Å². The summed E-state index contributed by atoms with van der Waals surface area (Å²) in [7, 11) is 0. The quantitative estimate of drug-likeness (QED) is 0.504. The Morgan fingerprint density at radius 2 is 1.81 bits per heavy atom. The first-order valence-electron chi connectivity index (χ1n) is 8.47. The Morgan fingerprint density at radius 3 is 2.54 bits per heavy atom. The van der Waals surface area contributed by atoms with Crippen LogP contribution in [0.15, 0.2) is 52.7 Å². The minimum absolute atomic E-state index is 0.0221. The maximum atomic E-state index is 12.3. The van der Waals surface area contributed by atoms with Crippen molar-refractivity contribution in [2.24, 2.45) is 0 Å². The summed E-state index contributed by atoms with van der Waals surface area (Å²) in [4.78, 5) is 20.0. The van der Waals surface area contributed by atoms with Gasteiger partial charge in [0.15, 0.2) is 5.13 Å². The lowest BCUT2D eigenvalue weighted by Crippen LogP contribution is -2.23. The van der Waals surface area contributed by atoms with Crippen molar-refractivity contribution in [3.05, 3.63) is 70.2 Å². The van der Waals surface area contributed by atoms with Gasteiger partial charge in [-0.3, -0.25) is 9.69 Å². The Hall–Kier alpha value is -2.11. The molecular weight excluding hydrogens is 360 g/mol. The zero-order valence-electron chi connectivity index (χ0n) is 15.4. The summed E-state index contributed by atoms with van der Waals surface area (Å²) < 4.78 is 0. The highest BCUT2D eigenvalue weighted by Crippen LogP contribution is 2.34. The number of carbonyl (C=O) groups excluding carboxylic acids is 1. The van der Waals surface area contributed by atoms with E-state index in [0.717, 1.165) is 27.8 Å². The number of thiazole rings is 1. The van der Waals surface area contributed by atoms with Crippen molar-refractivity contribution < 1.29 is 4.79 Å². The van der Waals surface area contributed by atoms with Crippen molar-refractivity contribution in [2.45, 2.75) is 38.3 Å². The molecule has 0 saturated carbocycles. The van der Waals surface area contributed by atoms with E-state index in [1.807, 2.05) is 24.4 Å². The van der Waals surface area contributed by atoms with Crippen LogP contribution in [0.25, 0.3) is 0 Å². The van der Waals surface area contributed by atoms with Gasteiger partial charge in [-0.05, 0) is 49.6 Å². The first-order chi connectivity index (χ1) is 12.5. The van der Waals surface area contributed by atoms with Gasteiger partial charge >= 0.3 is 0 Å². The number of nitrogens with zero attached hydrogens (tertiary/aromatic N) is 2. The normalized spacial score (nSPS) is 10.8. The smallest absolute Gasteiger partial charge is 0.230 e. The molecule has 0 aliphatic heterocycles. The van der Waals surface area contributed by atoms with Crippen LogP contribution in [0.2, 0.25) is 0 Å². The van der Waals surface area contributed by atoms with Gasteiger partial charge in [0.1, 0.15) is 0 Å². The van der Waals surface area contributed by atoms with Crippen LogP contribution in [0.3, 0.4) is 0 Å². The maximum Gasteiger partial charge on any atom is 0.230 e. The number of aryl methyl sites for hydroxylation is 2. The van der Waals surface area contributed by atoms with Crippen LogP contribution in [-0.4, -0.2) is 10.9 Å².